The van der Waals surface area contributed by atoms with E-state index in [2.05, 4.69) is 15.5 Å². The Labute approximate surface area is 142 Å². The van der Waals surface area contributed by atoms with Crippen molar-refractivity contribution in [3.63, 3.8) is 0 Å². The lowest BCUT2D eigenvalue weighted by Gasteiger charge is -2.06. The molecular weight excluding hydrogens is 333 g/mol. The standard InChI is InChI=1S/C16H18FN3OS2/c17-13-7-5-12(6-8-13)10-22-16-20-19-15(23-16)18-14(21)9-11-3-1-2-4-11/h5-8,11H,1-4,9-10H2,(H,18,19,21). The normalized spacial score (nSPS) is 15.0. The Morgan fingerprint density at radius 2 is 2.00 bits per heavy atom. The zero-order chi connectivity index (χ0) is 16.1. The summed E-state index contributed by atoms with van der Waals surface area (Å²) in [4.78, 5) is 12.0. The highest BCUT2D eigenvalue weighted by Crippen LogP contribution is 2.30. The molecule has 0 atom stereocenters. The number of nitrogens with one attached hydrogen (secondary N) is 1. The Balaban J connectivity index is 1.47. The molecule has 122 valence electrons. The summed E-state index contributed by atoms with van der Waals surface area (Å²) in [6.07, 6.45) is 5.37. The minimum absolute atomic E-state index is 0.0307. The van der Waals surface area contributed by atoms with Crippen molar-refractivity contribution in [2.24, 2.45) is 5.92 Å². The highest BCUT2D eigenvalue weighted by atomic mass is 32.2. The van der Waals surface area contributed by atoms with Gasteiger partial charge in [0.05, 0.1) is 0 Å². The van der Waals surface area contributed by atoms with E-state index in [-0.39, 0.29) is 11.7 Å². The van der Waals surface area contributed by atoms with Crippen molar-refractivity contribution in [3.8, 4) is 0 Å². The van der Waals surface area contributed by atoms with Crippen molar-refractivity contribution in [2.75, 3.05) is 5.32 Å². The van der Waals surface area contributed by atoms with Gasteiger partial charge in [0.2, 0.25) is 11.0 Å². The predicted octanol–water partition coefficient (Wildman–Crippen LogP) is 4.49. The van der Waals surface area contributed by atoms with Crippen molar-refractivity contribution >= 4 is 34.1 Å². The summed E-state index contributed by atoms with van der Waals surface area (Å²) in [6, 6.07) is 6.41. The quantitative estimate of drug-likeness (QED) is 0.615. The van der Waals surface area contributed by atoms with E-state index >= 15 is 0 Å². The molecular formula is C16H18FN3OS2. The predicted molar refractivity (Wildman–Crippen MR) is 91.1 cm³/mol. The molecule has 0 radical (unpaired) electrons. The Hall–Kier alpha value is -1.47. The molecule has 1 aliphatic rings. The average molecular weight is 351 g/mol. The lowest BCUT2D eigenvalue weighted by Crippen LogP contribution is -2.14. The van der Waals surface area contributed by atoms with Crippen LogP contribution in [-0.2, 0) is 10.5 Å². The third kappa shape index (κ3) is 5.00. The molecule has 0 spiro atoms. The third-order valence-electron chi connectivity index (χ3n) is 3.88. The Bertz CT molecular complexity index is 654. The van der Waals surface area contributed by atoms with Gasteiger partial charge in [-0.2, -0.15) is 0 Å². The van der Waals surface area contributed by atoms with Gasteiger partial charge in [-0.3, -0.25) is 4.79 Å². The number of hydrogen-bond donors (Lipinski definition) is 1. The van der Waals surface area contributed by atoms with Crippen molar-refractivity contribution in [1.82, 2.24) is 10.2 Å². The lowest BCUT2D eigenvalue weighted by atomic mass is 10.0. The van der Waals surface area contributed by atoms with Crippen LogP contribution in [0.5, 0.6) is 0 Å². The smallest absolute Gasteiger partial charge is 0.226 e. The van der Waals surface area contributed by atoms with Gasteiger partial charge >= 0.3 is 0 Å². The SMILES string of the molecule is O=C(CC1CCCC1)Nc1nnc(SCc2ccc(F)cc2)s1. The number of nitrogens with zero attached hydrogens (tertiary/aromatic N) is 2. The van der Waals surface area contributed by atoms with Crippen LogP contribution in [0.3, 0.4) is 0 Å². The zero-order valence-electron chi connectivity index (χ0n) is 12.6. The van der Waals surface area contributed by atoms with Gasteiger partial charge in [0.25, 0.3) is 0 Å². The Morgan fingerprint density at radius 3 is 2.74 bits per heavy atom. The van der Waals surface area contributed by atoms with Gasteiger partial charge in [-0.05, 0) is 36.5 Å². The van der Waals surface area contributed by atoms with E-state index in [1.165, 1.54) is 48.1 Å². The van der Waals surface area contributed by atoms with E-state index in [0.29, 0.717) is 23.2 Å². The highest BCUT2D eigenvalue weighted by Gasteiger charge is 2.19. The Kier molecular flexibility index (Phi) is 5.61. The van der Waals surface area contributed by atoms with E-state index in [0.717, 1.165) is 22.7 Å². The number of anilines is 1. The summed E-state index contributed by atoms with van der Waals surface area (Å²) in [7, 11) is 0. The maximum Gasteiger partial charge on any atom is 0.226 e. The molecule has 2 aromatic rings. The second-order valence-corrected chi connectivity index (χ2v) is 7.89. The maximum atomic E-state index is 12.9. The van der Waals surface area contributed by atoms with Crippen LogP contribution < -0.4 is 5.32 Å². The molecule has 4 nitrogen and oxygen atoms in total. The number of hydrogen-bond acceptors (Lipinski definition) is 5. The number of halogens is 1. The van der Waals surface area contributed by atoms with Crippen molar-refractivity contribution in [3.05, 3.63) is 35.6 Å². The van der Waals surface area contributed by atoms with Crippen LogP contribution in [0.4, 0.5) is 9.52 Å². The lowest BCUT2D eigenvalue weighted by molar-refractivity contribution is -0.117. The molecule has 1 aliphatic carbocycles. The summed E-state index contributed by atoms with van der Waals surface area (Å²) in [6.45, 7) is 0. The van der Waals surface area contributed by atoms with E-state index in [4.69, 9.17) is 0 Å². The molecule has 1 N–H and O–H groups in total. The molecule has 3 rings (SSSR count). The van der Waals surface area contributed by atoms with Crippen molar-refractivity contribution in [2.45, 2.75) is 42.2 Å². The van der Waals surface area contributed by atoms with E-state index in [1.54, 1.807) is 12.1 Å². The second-order valence-electron chi connectivity index (χ2n) is 5.69. The first-order valence-electron chi connectivity index (χ1n) is 7.69. The molecule has 0 aliphatic heterocycles. The first-order valence-corrected chi connectivity index (χ1v) is 9.50. The fraction of sp³-hybridized carbons (Fsp3) is 0.438. The topological polar surface area (TPSA) is 54.9 Å². The molecule has 0 saturated heterocycles. The molecule has 0 bridgehead atoms. The average Bonchev–Trinajstić information content (AvgIpc) is 3.19. The molecule has 1 fully saturated rings. The summed E-state index contributed by atoms with van der Waals surface area (Å²) in [5, 5.41) is 11.5. The number of benzene rings is 1. The van der Waals surface area contributed by atoms with Gasteiger partial charge in [0.1, 0.15) is 5.82 Å². The van der Waals surface area contributed by atoms with Gasteiger partial charge < -0.3 is 5.32 Å². The van der Waals surface area contributed by atoms with E-state index in [1.807, 2.05) is 0 Å². The monoisotopic (exact) mass is 351 g/mol. The maximum absolute atomic E-state index is 12.9. The Morgan fingerprint density at radius 1 is 1.26 bits per heavy atom. The van der Waals surface area contributed by atoms with Gasteiger partial charge in [0.15, 0.2) is 4.34 Å². The first kappa shape index (κ1) is 16.4. The molecule has 1 aromatic heterocycles. The first-order chi connectivity index (χ1) is 11.2. The second kappa shape index (κ2) is 7.88. The van der Waals surface area contributed by atoms with Gasteiger partial charge in [-0.1, -0.05) is 48.1 Å². The molecule has 23 heavy (non-hydrogen) atoms. The number of carbonyl (C=O) groups excluding carboxylic acids is 1. The van der Waals surface area contributed by atoms with Crippen LogP contribution in [-0.4, -0.2) is 16.1 Å². The molecule has 1 amide bonds. The highest BCUT2D eigenvalue weighted by molar-refractivity contribution is 8.00. The molecule has 1 aromatic carbocycles. The van der Waals surface area contributed by atoms with Crippen LogP contribution in [0.2, 0.25) is 0 Å². The summed E-state index contributed by atoms with van der Waals surface area (Å²) in [5.41, 5.74) is 1.03. The van der Waals surface area contributed by atoms with Crippen LogP contribution >= 0.6 is 23.1 Å². The van der Waals surface area contributed by atoms with Crippen LogP contribution in [0, 0.1) is 11.7 Å². The number of carbonyl (C=O) groups is 1. The zero-order valence-corrected chi connectivity index (χ0v) is 14.3. The summed E-state index contributed by atoms with van der Waals surface area (Å²) < 4.78 is 13.6. The number of rotatable bonds is 6. The van der Waals surface area contributed by atoms with Crippen LogP contribution in [0.15, 0.2) is 28.6 Å². The summed E-state index contributed by atoms with van der Waals surface area (Å²) >= 11 is 2.91. The van der Waals surface area contributed by atoms with Gasteiger partial charge in [-0.25, -0.2) is 4.39 Å². The number of thioether (sulfide) groups is 1. The number of amides is 1. The fourth-order valence-electron chi connectivity index (χ4n) is 2.69. The van der Waals surface area contributed by atoms with E-state index in [9.17, 15) is 9.18 Å². The largest absolute Gasteiger partial charge is 0.300 e. The minimum atomic E-state index is -0.234. The summed E-state index contributed by atoms with van der Waals surface area (Å²) in [5.74, 6) is 1.02. The van der Waals surface area contributed by atoms with Crippen molar-refractivity contribution in [1.29, 1.82) is 0 Å². The van der Waals surface area contributed by atoms with Crippen LogP contribution in [0.1, 0.15) is 37.7 Å². The number of aromatic nitrogens is 2. The van der Waals surface area contributed by atoms with Gasteiger partial charge in [0, 0.05) is 12.2 Å². The molecule has 7 heteroatoms. The van der Waals surface area contributed by atoms with E-state index < -0.39 is 0 Å². The third-order valence-corrected chi connectivity index (χ3v) is 5.92. The molecule has 1 heterocycles. The van der Waals surface area contributed by atoms with Crippen LogP contribution in [0.25, 0.3) is 0 Å². The molecule has 1 saturated carbocycles. The van der Waals surface area contributed by atoms with Gasteiger partial charge in [-0.15, -0.1) is 10.2 Å². The minimum Gasteiger partial charge on any atom is -0.300 e. The molecule has 0 unspecified atom stereocenters. The van der Waals surface area contributed by atoms with Crippen molar-refractivity contribution < 1.29 is 9.18 Å². The fourth-order valence-corrected chi connectivity index (χ4v) is 4.42.